The largest absolute Gasteiger partial charge is 4.00 e. The quantitative estimate of drug-likeness (QED) is 0.205. The minimum Gasteiger partial charge on any atom is -2.00 e. The topological polar surface area (TPSA) is 107 Å². The Kier molecular flexibility index (Phi) is 1210. The van der Waals surface area contributed by atoms with Gasteiger partial charge in [0.05, 0.1) is 0 Å². The van der Waals surface area contributed by atoms with Crippen molar-refractivity contribution in [2.45, 2.75) is 0 Å². The van der Waals surface area contributed by atoms with Crippen molar-refractivity contribution in [1.82, 2.24) is 0 Å². The minimum atomic E-state index is 0. The van der Waals surface area contributed by atoms with Gasteiger partial charge in [-0.3, -0.25) is 11.7 Å². The molecule has 8 heavy (non-hydrogen) atoms. The SMILES string of the molecule is N[NH3+].N[NH3+].[S-2].[S-2].[S-2].[Sn+4]. The van der Waals surface area contributed by atoms with Gasteiger partial charge in [-0.1, -0.05) is 0 Å². The monoisotopic (exact) mass is 282 g/mol. The molecule has 0 heterocycles. The van der Waals surface area contributed by atoms with E-state index in [0.29, 0.717) is 0 Å². The van der Waals surface area contributed by atoms with Gasteiger partial charge in [-0.2, -0.15) is 11.7 Å². The molecule has 10 N–H and O–H groups in total. The molecule has 0 aromatic carbocycles. The van der Waals surface area contributed by atoms with E-state index in [1.807, 2.05) is 0 Å². The molecule has 8 heteroatoms. The third kappa shape index (κ3) is 121. The normalized spacial score (nSPS) is 1.50. The van der Waals surface area contributed by atoms with Crippen LogP contribution in [0.2, 0.25) is 0 Å². The van der Waals surface area contributed by atoms with Crippen LogP contribution in [0.5, 0.6) is 0 Å². The van der Waals surface area contributed by atoms with Crippen molar-refractivity contribution in [3.63, 3.8) is 0 Å². The summed E-state index contributed by atoms with van der Waals surface area (Å²) in [7, 11) is 0. The van der Waals surface area contributed by atoms with Gasteiger partial charge in [0.1, 0.15) is 0 Å². The molecule has 0 aliphatic rings. The zero-order valence-corrected chi connectivity index (χ0v) is 9.60. The van der Waals surface area contributed by atoms with Gasteiger partial charge in [0.2, 0.25) is 0 Å². The maximum absolute atomic E-state index is 4.25. The fourth-order valence-electron chi connectivity index (χ4n) is 0. The number of hydrogen-bond donors (Lipinski definition) is 4. The fourth-order valence-corrected chi connectivity index (χ4v) is 0. The Hall–Kier alpha value is 1.69. The van der Waals surface area contributed by atoms with Crippen molar-refractivity contribution >= 4 is 64.4 Å². The van der Waals surface area contributed by atoms with Crippen LogP contribution in [-0.4, -0.2) is 23.9 Å². The summed E-state index contributed by atoms with van der Waals surface area (Å²) in [5, 5.41) is 0. The average Bonchev–Trinajstić information content (AvgIpc) is 1.50. The van der Waals surface area contributed by atoms with Gasteiger partial charge >= 0.3 is 23.9 Å². The first-order valence-corrected chi connectivity index (χ1v) is 0.816. The van der Waals surface area contributed by atoms with Crippen LogP contribution in [0.3, 0.4) is 0 Å². The van der Waals surface area contributed by atoms with Crippen LogP contribution in [0.25, 0.3) is 0 Å². The van der Waals surface area contributed by atoms with E-state index in [9.17, 15) is 0 Å². The summed E-state index contributed by atoms with van der Waals surface area (Å²) in [5.74, 6) is 14.0. The number of hydrogen-bond acceptors (Lipinski definition) is 2. The Labute approximate surface area is 87.3 Å². The second kappa shape index (κ2) is 180. The first-order valence-electron chi connectivity index (χ1n) is 0.816. The average molecular weight is 281 g/mol. The summed E-state index contributed by atoms with van der Waals surface area (Å²) in [6, 6.07) is 0. The molecule has 0 spiro atoms. The molecular formula is H10N4S3Sn. The maximum atomic E-state index is 4.25. The van der Waals surface area contributed by atoms with Crippen LogP contribution in [0, 0.1) is 0 Å². The summed E-state index contributed by atoms with van der Waals surface area (Å²) >= 11 is 0. The molecule has 0 aliphatic heterocycles. The van der Waals surface area contributed by atoms with Crippen molar-refractivity contribution in [3.8, 4) is 0 Å². The number of nitrogens with two attached hydrogens (primary N) is 2. The molecular weight excluding hydrogens is 271 g/mol. The molecule has 0 saturated heterocycles. The van der Waals surface area contributed by atoms with Crippen molar-refractivity contribution < 1.29 is 11.7 Å². The molecule has 52 valence electrons. The van der Waals surface area contributed by atoms with Crippen LogP contribution in [0.1, 0.15) is 0 Å². The molecule has 0 aromatic rings. The van der Waals surface area contributed by atoms with Gasteiger partial charge in [-0.05, 0) is 0 Å². The van der Waals surface area contributed by atoms with Crippen LogP contribution in [-0.2, 0) is 40.5 Å². The van der Waals surface area contributed by atoms with E-state index in [4.69, 9.17) is 0 Å². The molecule has 0 fully saturated rings. The third-order valence-corrected chi connectivity index (χ3v) is 0. The van der Waals surface area contributed by atoms with Crippen LogP contribution in [0.15, 0.2) is 0 Å². The third-order valence-electron chi connectivity index (χ3n) is 0. The van der Waals surface area contributed by atoms with E-state index in [-0.39, 0.29) is 64.4 Å². The zero-order chi connectivity index (χ0) is 4.00. The summed E-state index contributed by atoms with van der Waals surface area (Å²) in [4.78, 5) is 0. The van der Waals surface area contributed by atoms with E-state index >= 15 is 0 Å². The van der Waals surface area contributed by atoms with Gasteiger partial charge in [0.15, 0.2) is 0 Å². The molecule has 0 amide bonds. The molecule has 4 nitrogen and oxygen atoms in total. The van der Waals surface area contributed by atoms with E-state index in [1.165, 1.54) is 0 Å². The Morgan fingerprint density at radius 1 is 0.625 bits per heavy atom. The standard InChI is InChI=1S/2H4N2.3S.Sn/c2*1-2;;;;/h2*1-2H2;;;;/q;;3*-2;+4/p+2. The molecule has 0 rings (SSSR count). The maximum Gasteiger partial charge on any atom is 4.00 e. The Balaban J connectivity index is -0.00000000167. The first kappa shape index (κ1) is 53.8. The van der Waals surface area contributed by atoms with Crippen molar-refractivity contribution in [1.29, 1.82) is 0 Å². The molecule has 0 radical (unpaired) electrons. The Morgan fingerprint density at radius 3 is 0.625 bits per heavy atom. The molecule has 0 aliphatic carbocycles. The van der Waals surface area contributed by atoms with Gasteiger partial charge in [-0.15, -0.1) is 0 Å². The first-order chi connectivity index (χ1) is 2.00. The Bertz CT molecular complexity index is 11.2. The van der Waals surface area contributed by atoms with Crippen LogP contribution in [0.4, 0.5) is 0 Å². The van der Waals surface area contributed by atoms with E-state index in [2.05, 4.69) is 23.4 Å². The van der Waals surface area contributed by atoms with Gasteiger partial charge in [-0.25, -0.2) is 0 Å². The van der Waals surface area contributed by atoms with E-state index in [1.54, 1.807) is 0 Å². The molecule has 0 aromatic heterocycles. The number of rotatable bonds is 0. The van der Waals surface area contributed by atoms with Crippen molar-refractivity contribution in [3.05, 3.63) is 0 Å². The summed E-state index contributed by atoms with van der Waals surface area (Å²) < 4.78 is 0. The van der Waals surface area contributed by atoms with Crippen molar-refractivity contribution in [2.75, 3.05) is 0 Å². The van der Waals surface area contributed by atoms with Crippen molar-refractivity contribution in [2.24, 2.45) is 11.7 Å². The summed E-state index contributed by atoms with van der Waals surface area (Å²) in [6.45, 7) is 0. The smallest absolute Gasteiger partial charge is 2.00 e. The number of quaternary nitrogens is 2. The molecule has 0 unspecified atom stereocenters. The Morgan fingerprint density at radius 2 is 0.625 bits per heavy atom. The van der Waals surface area contributed by atoms with E-state index < -0.39 is 0 Å². The fraction of sp³-hybridized carbons (Fsp3) is 0. The second-order valence-electron chi connectivity index (χ2n) is 0. The van der Waals surface area contributed by atoms with E-state index in [0.717, 1.165) is 0 Å². The zero-order valence-electron chi connectivity index (χ0n) is 4.29. The summed E-state index contributed by atoms with van der Waals surface area (Å²) in [6.07, 6.45) is 0. The molecule has 0 saturated carbocycles. The molecule has 0 bridgehead atoms. The molecule has 0 atom stereocenters. The van der Waals surface area contributed by atoms with Gasteiger partial charge in [0, 0.05) is 0 Å². The van der Waals surface area contributed by atoms with Gasteiger partial charge in [0.25, 0.3) is 0 Å². The summed E-state index contributed by atoms with van der Waals surface area (Å²) in [5.41, 5.74) is 0. The van der Waals surface area contributed by atoms with Gasteiger partial charge < -0.3 is 40.5 Å². The second-order valence-corrected chi connectivity index (χ2v) is 0. The predicted molar refractivity (Wildman–Crippen MR) is 42.0 cm³/mol. The predicted octanol–water partition coefficient (Wildman–Crippen LogP) is -4.18. The van der Waals surface area contributed by atoms with Crippen LogP contribution < -0.4 is 23.4 Å². The minimum absolute atomic E-state index is 0. The van der Waals surface area contributed by atoms with Crippen LogP contribution >= 0.6 is 0 Å².